The van der Waals surface area contributed by atoms with Gasteiger partial charge in [-0.2, -0.15) is 0 Å². The number of anilines is 1. The summed E-state index contributed by atoms with van der Waals surface area (Å²) in [6, 6.07) is 3.77. The topological polar surface area (TPSA) is 49.9 Å². The fourth-order valence-electron chi connectivity index (χ4n) is 2.71. The van der Waals surface area contributed by atoms with Gasteiger partial charge in [0.05, 0.1) is 25.0 Å². The highest BCUT2D eigenvalue weighted by Crippen LogP contribution is 2.41. The Morgan fingerprint density at radius 3 is 2.12 bits per heavy atom. The van der Waals surface area contributed by atoms with Crippen LogP contribution in [0.15, 0.2) is 12.1 Å². The molecule has 0 amide bonds. The number of unbranched alkanes of at least 4 members (excludes halogenated alkanes) is 2. The lowest BCUT2D eigenvalue weighted by Crippen LogP contribution is -3.00. The van der Waals surface area contributed by atoms with Crippen molar-refractivity contribution < 1.29 is 21.9 Å². The zero-order valence-corrected chi connectivity index (χ0v) is 15.5. The van der Waals surface area contributed by atoms with Gasteiger partial charge in [-0.1, -0.05) is 26.7 Å². The van der Waals surface area contributed by atoms with Crippen molar-refractivity contribution in [2.24, 2.45) is 0 Å². The number of hydrogen-bond acceptors (Lipinski definition) is 4. The van der Waals surface area contributed by atoms with Crippen LogP contribution in [0.2, 0.25) is 0 Å². The Balaban J connectivity index is 0.00000288. The fraction of sp³-hybridized carbons (Fsp3) is 0.667. The van der Waals surface area contributed by atoms with Gasteiger partial charge in [-0.15, -0.1) is 0 Å². The van der Waals surface area contributed by atoms with E-state index < -0.39 is 0 Å². The monoisotopic (exact) mass is 353 g/mol. The molecule has 0 aliphatic carbocycles. The molecule has 1 heterocycles. The minimum atomic E-state index is 0. The van der Waals surface area contributed by atoms with E-state index in [4.69, 9.17) is 9.47 Å². The molecule has 1 aromatic carbocycles. The minimum absolute atomic E-state index is 0. The molecule has 24 heavy (non-hydrogen) atoms. The molecular weight excluding hydrogens is 326 g/mol. The van der Waals surface area contributed by atoms with Gasteiger partial charge in [0, 0.05) is 19.2 Å². The summed E-state index contributed by atoms with van der Waals surface area (Å²) in [4.78, 5) is 5.71. The van der Waals surface area contributed by atoms with Crippen LogP contribution in [0.5, 0.6) is 11.5 Å². The van der Waals surface area contributed by atoms with Gasteiger partial charge in [-0.25, -0.2) is 0 Å². The standard InChI is InChI=1S/C18H28N3O2.ClH/c1-3-5-11-22-17-14-16(21-9-7-8-10-21)18(13-15(17)20-19)23-12-6-4-2;/h13-14H,3-12H2,1-2H3;1H/q+1;/p-1. The fourth-order valence-corrected chi connectivity index (χ4v) is 2.71. The first kappa shape index (κ1) is 20.4. The predicted molar refractivity (Wildman–Crippen MR) is 93.4 cm³/mol. The van der Waals surface area contributed by atoms with Crippen molar-refractivity contribution in [2.75, 3.05) is 31.2 Å². The Kier molecular flexibility index (Phi) is 9.33. The molecule has 6 heteroatoms. The summed E-state index contributed by atoms with van der Waals surface area (Å²) in [5, 5.41) is 9.30. The molecule has 1 aliphatic heterocycles. The van der Waals surface area contributed by atoms with Crippen molar-refractivity contribution in [3.63, 3.8) is 0 Å². The highest BCUT2D eigenvalue weighted by Gasteiger charge is 2.25. The van der Waals surface area contributed by atoms with Crippen LogP contribution in [-0.2, 0) is 0 Å². The smallest absolute Gasteiger partial charge is 0.430 e. The molecule has 134 valence electrons. The van der Waals surface area contributed by atoms with Gasteiger partial charge >= 0.3 is 5.69 Å². The Bertz CT molecular complexity index is 540. The quantitative estimate of drug-likeness (QED) is 0.504. The van der Waals surface area contributed by atoms with Crippen molar-refractivity contribution in [1.29, 1.82) is 5.39 Å². The van der Waals surface area contributed by atoms with Crippen molar-refractivity contribution >= 4 is 11.4 Å². The molecular formula is C18H28ClN3O2. The van der Waals surface area contributed by atoms with Crippen LogP contribution in [0.25, 0.3) is 4.98 Å². The van der Waals surface area contributed by atoms with Gasteiger partial charge in [0.25, 0.3) is 0 Å². The maximum Gasteiger partial charge on any atom is 0.430 e. The highest BCUT2D eigenvalue weighted by molar-refractivity contribution is 5.72. The molecule has 0 radical (unpaired) electrons. The third kappa shape index (κ3) is 5.45. The summed E-state index contributed by atoms with van der Waals surface area (Å²) in [6.45, 7) is 7.65. The van der Waals surface area contributed by atoms with Gasteiger partial charge in [0.15, 0.2) is 10.7 Å². The molecule has 2 rings (SSSR count). The lowest BCUT2D eigenvalue weighted by molar-refractivity contribution is -0.00000601. The van der Waals surface area contributed by atoms with Crippen LogP contribution in [-0.4, -0.2) is 26.3 Å². The molecule has 1 aromatic rings. The average Bonchev–Trinajstić information content (AvgIpc) is 3.10. The van der Waals surface area contributed by atoms with Crippen LogP contribution >= 0.6 is 0 Å². The SMILES string of the molecule is CCCCOc1cc(N2CCCC2)c(OCCCC)cc1[N+]#N.[Cl-]. The minimum Gasteiger partial charge on any atom is -1.00 e. The third-order valence-corrected chi connectivity index (χ3v) is 4.11. The number of nitrogens with zero attached hydrogens (tertiary/aromatic N) is 3. The molecule has 0 aromatic heterocycles. The first-order valence-electron chi connectivity index (χ1n) is 8.83. The van der Waals surface area contributed by atoms with E-state index in [9.17, 15) is 5.39 Å². The second-order valence-corrected chi connectivity index (χ2v) is 5.99. The van der Waals surface area contributed by atoms with Crippen molar-refractivity contribution in [3.8, 4) is 11.5 Å². The summed E-state index contributed by atoms with van der Waals surface area (Å²) in [5.74, 6) is 1.42. The van der Waals surface area contributed by atoms with E-state index in [2.05, 4.69) is 23.7 Å². The highest BCUT2D eigenvalue weighted by atomic mass is 35.5. The predicted octanol–water partition coefficient (Wildman–Crippen LogP) is 2.13. The van der Waals surface area contributed by atoms with E-state index in [0.29, 0.717) is 24.7 Å². The van der Waals surface area contributed by atoms with E-state index in [0.717, 1.165) is 50.2 Å². The van der Waals surface area contributed by atoms with Crippen LogP contribution in [0.1, 0.15) is 52.4 Å². The number of rotatable bonds is 9. The van der Waals surface area contributed by atoms with Crippen molar-refractivity contribution in [3.05, 3.63) is 17.1 Å². The van der Waals surface area contributed by atoms with Gasteiger partial charge in [-0.05, 0) is 25.7 Å². The number of benzene rings is 1. The van der Waals surface area contributed by atoms with Gasteiger partial charge in [0.2, 0.25) is 11.1 Å². The normalized spacial score (nSPS) is 13.3. The molecule has 1 fully saturated rings. The number of ether oxygens (including phenoxy) is 2. The number of hydrogen-bond donors (Lipinski definition) is 0. The molecule has 5 nitrogen and oxygen atoms in total. The first-order chi connectivity index (χ1) is 11.3. The molecule has 1 aliphatic rings. The zero-order valence-electron chi connectivity index (χ0n) is 14.8. The number of diazo groups is 1. The van der Waals surface area contributed by atoms with Crippen molar-refractivity contribution in [2.45, 2.75) is 52.4 Å². The Morgan fingerprint density at radius 2 is 1.58 bits per heavy atom. The van der Waals surface area contributed by atoms with E-state index in [1.807, 2.05) is 6.07 Å². The van der Waals surface area contributed by atoms with Crippen LogP contribution in [0.4, 0.5) is 11.4 Å². The maximum absolute atomic E-state index is 9.30. The molecule has 0 unspecified atom stereocenters. The lowest BCUT2D eigenvalue weighted by Gasteiger charge is -2.21. The van der Waals surface area contributed by atoms with Crippen molar-refractivity contribution in [1.82, 2.24) is 0 Å². The summed E-state index contributed by atoms with van der Waals surface area (Å²) in [5.41, 5.74) is 1.49. The van der Waals surface area contributed by atoms with E-state index in [-0.39, 0.29) is 12.4 Å². The van der Waals surface area contributed by atoms with E-state index >= 15 is 0 Å². The zero-order chi connectivity index (χ0) is 16.5. The van der Waals surface area contributed by atoms with Gasteiger partial charge in [-0.3, -0.25) is 0 Å². The Morgan fingerprint density at radius 1 is 1.00 bits per heavy atom. The molecule has 0 spiro atoms. The Hall–Kier alpha value is -1.67. The Labute approximate surface area is 151 Å². The molecule has 0 bridgehead atoms. The second-order valence-electron chi connectivity index (χ2n) is 5.99. The van der Waals surface area contributed by atoms with Crippen LogP contribution < -0.4 is 26.8 Å². The summed E-state index contributed by atoms with van der Waals surface area (Å²) >= 11 is 0. The van der Waals surface area contributed by atoms with Gasteiger partial charge in [0.1, 0.15) is 0 Å². The maximum atomic E-state index is 9.30. The molecule has 0 saturated carbocycles. The molecule has 1 saturated heterocycles. The van der Waals surface area contributed by atoms with Crippen LogP contribution in [0.3, 0.4) is 0 Å². The summed E-state index contributed by atoms with van der Waals surface area (Å²) < 4.78 is 11.8. The van der Waals surface area contributed by atoms with Crippen LogP contribution in [0, 0.1) is 5.39 Å². The second kappa shape index (κ2) is 11.0. The average molecular weight is 354 g/mol. The van der Waals surface area contributed by atoms with E-state index in [1.54, 1.807) is 6.07 Å². The lowest BCUT2D eigenvalue weighted by atomic mass is 10.2. The summed E-state index contributed by atoms with van der Waals surface area (Å²) in [6.07, 6.45) is 6.56. The molecule has 0 atom stereocenters. The van der Waals surface area contributed by atoms with E-state index in [1.165, 1.54) is 12.8 Å². The summed E-state index contributed by atoms with van der Waals surface area (Å²) in [7, 11) is 0. The number of halogens is 1. The third-order valence-electron chi connectivity index (χ3n) is 4.11. The first-order valence-corrected chi connectivity index (χ1v) is 8.83. The van der Waals surface area contributed by atoms with Gasteiger partial charge < -0.3 is 26.8 Å². The molecule has 0 N–H and O–H groups in total. The largest absolute Gasteiger partial charge is 1.00 e.